The van der Waals surface area contributed by atoms with Crippen LogP contribution in [0.25, 0.3) is 27.8 Å². The predicted molar refractivity (Wildman–Crippen MR) is 113 cm³/mol. The summed E-state index contributed by atoms with van der Waals surface area (Å²) in [6.07, 6.45) is 5.40. The van der Waals surface area contributed by atoms with Gasteiger partial charge in [0.15, 0.2) is 5.65 Å². The second kappa shape index (κ2) is 6.70. The van der Waals surface area contributed by atoms with Gasteiger partial charge in [0.05, 0.1) is 11.1 Å². The molecule has 3 aromatic heterocycles. The molecular weight excluding hydrogens is 366 g/mol. The minimum atomic E-state index is 0.237. The SMILES string of the molecule is Cc1ccc(O)c(C)c1-n1c2ncc(C3CCOCC3)cc2c2c(N)ncnc21. The average Bonchev–Trinajstić information content (AvgIpc) is 3.07. The molecule has 0 unspecified atom stereocenters. The van der Waals surface area contributed by atoms with Gasteiger partial charge in [-0.05, 0) is 55.9 Å². The van der Waals surface area contributed by atoms with Crippen LogP contribution in [0.2, 0.25) is 0 Å². The molecule has 1 aliphatic rings. The zero-order valence-corrected chi connectivity index (χ0v) is 16.5. The van der Waals surface area contributed by atoms with E-state index >= 15 is 0 Å². The van der Waals surface area contributed by atoms with Gasteiger partial charge in [-0.15, -0.1) is 0 Å². The van der Waals surface area contributed by atoms with Gasteiger partial charge in [0, 0.05) is 30.4 Å². The number of phenols is 1. The first-order valence-corrected chi connectivity index (χ1v) is 9.84. The van der Waals surface area contributed by atoms with E-state index in [0.29, 0.717) is 17.4 Å². The topological polar surface area (TPSA) is 99.1 Å². The molecule has 1 saturated heterocycles. The molecule has 0 spiro atoms. The summed E-state index contributed by atoms with van der Waals surface area (Å²) >= 11 is 0. The molecule has 29 heavy (non-hydrogen) atoms. The first-order chi connectivity index (χ1) is 14.1. The van der Waals surface area contributed by atoms with Crippen molar-refractivity contribution in [2.45, 2.75) is 32.6 Å². The maximum atomic E-state index is 10.3. The van der Waals surface area contributed by atoms with E-state index in [1.165, 1.54) is 11.9 Å². The highest BCUT2D eigenvalue weighted by molar-refractivity contribution is 6.11. The summed E-state index contributed by atoms with van der Waals surface area (Å²) in [6, 6.07) is 5.78. The van der Waals surface area contributed by atoms with E-state index in [0.717, 1.165) is 59.3 Å². The van der Waals surface area contributed by atoms with E-state index in [2.05, 4.69) is 16.0 Å². The van der Waals surface area contributed by atoms with Gasteiger partial charge in [-0.2, -0.15) is 0 Å². The second-order valence-corrected chi connectivity index (χ2v) is 7.69. The lowest BCUT2D eigenvalue weighted by Crippen LogP contribution is -2.14. The molecule has 0 saturated carbocycles. The van der Waals surface area contributed by atoms with Crippen LogP contribution in [-0.2, 0) is 4.74 Å². The Labute approximate surface area is 168 Å². The van der Waals surface area contributed by atoms with Crippen molar-refractivity contribution in [2.24, 2.45) is 0 Å². The molecule has 1 aliphatic heterocycles. The summed E-state index contributed by atoms with van der Waals surface area (Å²) in [6.45, 7) is 5.46. The fraction of sp³-hybridized carbons (Fsp3) is 0.318. The third-order valence-corrected chi connectivity index (χ3v) is 5.96. The third-order valence-electron chi connectivity index (χ3n) is 5.96. The summed E-state index contributed by atoms with van der Waals surface area (Å²) in [7, 11) is 0. The van der Waals surface area contributed by atoms with E-state index in [1.54, 1.807) is 6.07 Å². The third kappa shape index (κ3) is 2.73. The molecule has 3 N–H and O–H groups in total. The fourth-order valence-electron chi connectivity index (χ4n) is 4.39. The highest BCUT2D eigenvalue weighted by Crippen LogP contribution is 2.38. The van der Waals surface area contributed by atoms with Crippen molar-refractivity contribution in [3.05, 3.63) is 47.4 Å². The average molecular weight is 389 g/mol. The number of nitrogens with two attached hydrogens (primary N) is 1. The Hall–Kier alpha value is -3.19. The smallest absolute Gasteiger partial charge is 0.152 e. The molecule has 4 heterocycles. The maximum absolute atomic E-state index is 10.3. The van der Waals surface area contributed by atoms with Crippen molar-refractivity contribution < 1.29 is 9.84 Å². The van der Waals surface area contributed by atoms with Crippen LogP contribution in [0.15, 0.2) is 30.7 Å². The van der Waals surface area contributed by atoms with Crippen LogP contribution < -0.4 is 5.73 Å². The standard InChI is InChI=1S/C22H23N5O2/c1-12-3-4-17(28)13(2)19(12)27-21-16(18-20(23)25-11-26-22(18)27)9-15(10-24-21)14-5-7-29-8-6-14/h3-4,9-11,14,28H,5-8H2,1-2H3,(H2,23,25,26). The van der Waals surface area contributed by atoms with Gasteiger partial charge >= 0.3 is 0 Å². The lowest BCUT2D eigenvalue weighted by molar-refractivity contribution is 0.0853. The fourth-order valence-corrected chi connectivity index (χ4v) is 4.39. The number of pyridine rings is 1. The minimum absolute atomic E-state index is 0.237. The van der Waals surface area contributed by atoms with Crippen molar-refractivity contribution in [3.8, 4) is 11.4 Å². The number of anilines is 1. The molecule has 0 amide bonds. The van der Waals surface area contributed by atoms with Crippen LogP contribution in [0, 0.1) is 13.8 Å². The molecule has 4 aromatic rings. The van der Waals surface area contributed by atoms with Crippen LogP contribution >= 0.6 is 0 Å². The summed E-state index contributed by atoms with van der Waals surface area (Å²) in [5.74, 6) is 1.09. The first kappa shape index (κ1) is 17.9. The number of aromatic hydroxyl groups is 1. The molecule has 7 nitrogen and oxygen atoms in total. The van der Waals surface area contributed by atoms with Crippen LogP contribution in [0.3, 0.4) is 0 Å². The number of rotatable bonds is 2. The van der Waals surface area contributed by atoms with E-state index in [-0.39, 0.29) is 5.75 Å². The molecule has 5 rings (SSSR count). The minimum Gasteiger partial charge on any atom is -0.508 e. The van der Waals surface area contributed by atoms with Crippen LogP contribution in [-0.4, -0.2) is 37.8 Å². The molecule has 1 aromatic carbocycles. The number of hydrogen-bond acceptors (Lipinski definition) is 6. The number of nitrogens with zero attached hydrogens (tertiary/aromatic N) is 4. The number of nitrogen functional groups attached to an aromatic ring is 1. The molecule has 0 bridgehead atoms. The van der Waals surface area contributed by atoms with Gasteiger partial charge in [0.2, 0.25) is 0 Å². The number of ether oxygens (including phenoxy) is 1. The predicted octanol–water partition coefficient (Wildman–Crippen LogP) is 3.77. The molecular formula is C22H23N5O2. The van der Waals surface area contributed by atoms with Gasteiger partial charge in [0.25, 0.3) is 0 Å². The van der Waals surface area contributed by atoms with Crippen molar-refractivity contribution in [1.29, 1.82) is 0 Å². The van der Waals surface area contributed by atoms with E-state index in [1.807, 2.05) is 30.7 Å². The highest BCUT2D eigenvalue weighted by Gasteiger charge is 2.23. The molecule has 1 fully saturated rings. The monoisotopic (exact) mass is 389 g/mol. The van der Waals surface area contributed by atoms with Gasteiger partial charge in [-0.3, -0.25) is 4.57 Å². The molecule has 0 aliphatic carbocycles. The summed E-state index contributed by atoms with van der Waals surface area (Å²) in [4.78, 5) is 13.6. The Bertz CT molecular complexity index is 1240. The van der Waals surface area contributed by atoms with Crippen molar-refractivity contribution in [1.82, 2.24) is 19.5 Å². The Kier molecular flexibility index (Phi) is 4.13. The number of aryl methyl sites for hydroxylation is 1. The largest absolute Gasteiger partial charge is 0.508 e. The van der Waals surface area contributed by atoms with Crippen molar-refractivity contribution in [3.63, 3.8) is 0 Å². The van der Waals surface area contributed by atoms with Crippen molar-refractivity contribution >= 4 is 27.9 Å². The number of benzene rings is 1. The lowest BCUT2D eigenvalue weighted by atomic mass is 9.92. The summed E-state index contributed by atoms with van der Waals surface area (Å²) in [5.41, 5.74) is 11.6. The number of phenolic OH excluding ortho intramolecular Hbond substituents is 1. The Morgan fingerprint density at radius 1 is 1.10 bits per heavy atom. The zero-order valence-electron chi connectivity index (χ0n) is 16.5. The summed E-state index contributed by atoms with van der Waals surface area (Å²) in [5, 5.41) is 12.1. The molecule has 0 atom stereocenters. The maximum Gasteiger partial charge on any atom is 0.152 e. The molecule has 0 radical (unpaired) electrons. The Morgan fingerprint density at radius 2 is 1.90 bits per heavy atom. The van der Waals surface area contributed by atoms with E-state index in [9.17, 15) is 5.11 Å². The Morgan fingerprint density at radius 3 is 2.69 bits per heavy atom. The Balaban J connectivity index is 1.85. The summed E-state index contributed by atoms with van der Waals surface area (Å²) < 4.78 is 7.50. The molecule has 7 heteroatoms. The van der Waals surface area contributed by atoms with Gasteiger partial charge in [-0.1, -0.05) is 6.07 Å². The van der Waals surface area contributed by atoms with Gasteiger partial charge < -0.3 is 15.6 Å². The number of hydrogen-bond donors (Lipinski definition) is 2. The highest BCUT2D eigenvalue weighted by atomic mass is 16.5. The first-order valence-electron chi connectivity index (χ1n) is 9.84. The van der Waals surface area contributed by atoms with Crippen LogP contribution in [0.1, 0.15) is 35.4 Å². The van der Waals surface area contributed by atoms with Crippen LogP contribution in [0.4, 0.5) is 5.82 Å². The van der Waals surface area contributed by atoms with Crippen molar-refractivity contribution in [2.75, 3.05) is 18.9 Å². The quantitative estimate of drug-likeness (QED) is 0.541. The normalized spacial score (nSPS) is 15.4. The van der Waals surface area contributed by atoms with Gasteiger partial charge in [0.1, 0.15) is 23.5 Å². The number of fused-ring (bicyclic) bond motifs is 3. The van der Waals surface area contributed by atoms with Gasteiger partial charge in [-0.25, -0.2) is 15.0 Å². The number of aromatic nitrogens is 4. The van der Waals surface area contributed by atoms with E-state index < -0.39 is 0 Å². The van der Waals surface area contributed by atoms with Crippen LogP contribution in [0.5, 0.6) is 5.75 Å². The zero-order chi connectivity index (χ0) is 20.1. The second-order valence-electron chi connectivity index (χ2n) is 7.69. The lowest BCUT2D eigenvalue weighted by Gasteiger charge is -2.22. The van der Waals surface area contributed by atoms with E-state index in [4.69, 9.17) is 15.5 Å². The molecule has 148 valence electrons.